The molecule has 11 aromatic rings. The molecule has 11 rings (SSSR count). The molecule has 0 bridgehead atoms. The number of hydrogen-bond acceptors (Lipinski definition) is 12. The summed E-state index contributed by atoms with van der Waals surface area (Å²) in [7, 11) is -1.76. The molecular weight excluding hydrogens is 1300 g/mol. The molecule has 81 heavy (non-hydrogen) atoms. The van der Waals surface area contributed by atoms with Gasteiger partial charge in [0.1, 0.15) is 27.9 Å². The van der Waals surface area contributed by atoms with E-state index in [1.807, 2.05) is 148 Å². The fourth-order valence-corrected chi connectivity index (χ4v) is 9.68. The van der Waals surface area contributed by atoms with E-state index < -0.39 is 25.7 Å². The Morgan fingerprint density at radius 2 is 0.914 bits per heavy atom. The van der Waals surface area contributed by atoms with E-state index in [1.165, 1.54) is 4.57 Å². The number of pyridine rings is 3. The number of aromatic amines is 1. The minimum Gasteiger partial charge on any atom is -0.358 e. The Morgan fingerprint density at radius 1 is 0.519 bits per heavy atom. The molecule has 25 heteroatoms. The van der Waals surface area contributed by atoms with Crippen LogP contribution in [0.25, 0.3) is 67.2 Å². The minimum absolute atomic E-state index is 0. The number of para-hydroxylation sites is 2. The maximum atomic E-state index is 13.0. The van der Waals surface area contributed by atoms with Crippen molar-refractivity contribution in [1.82, 2.24) is 61.7 Å². The molecule has 0 atom stereocenters. The van der Waals surface area contributed by atoms with Crippen molar-refractivity contribution in [3.63, 3.8) is 0 Å². The third kappa shape index (κ3) is 16.2. The Morgan fingerprint density at radius 3 is 1.36 bits per heavy atom. The normalized spacial score (nSPS) is 10.3. The number of anilines is 1. The quantitative estimate of drug-likeness (QED) is 0.142. The molecule has 2 N–H and O–H groups in total. The Bertz CT molecular complexity index is 4150. The summed E-state index contributed by atoms with van der Waals surface area (Å²) in [4.78, 5) is 54.6. The molecule has 3 radical (unpaired) electrons. The van der Waals surface area contributed by atoms with Crippen LogP contribution >= 0.6 is 0 Å². The van der Waals surface area contributed by atoms with Crippen molar-refractivity contribution in [3.05, 3.63) is 181 Å². The summed E-state index contributed by atoms with van der Waals surface area (Å²) in [5, 5.41) is 0. The molecule has 0 saturated carbocycles. The van der Waals surface area contributed by atoms with E-state index in [1.54, 1.807) is 64.0 Å². The number of nitrogens with one attached hydrogen (secondary N) is 2. The molecule has 20 nitrogen and oxygen atoms in total. The molecule has 8 aromatic heterocycles. The van der Waals surface area contributed by atoms with Crippen LogP contribution in [0, 0.1) is 43.1 Å². The van der Waals surface area contributed by atoms with Crippen molar-refractivity contribution in [1.29, 1.82) is 0 Å². The van der Waals surface area contributed by atoms with E-state index in [2.05, 4.69) is 39.6 Å². The molecule has 0 aliphatic rings. The average molecular weight is 1370 g/mol. The van der Waals surface area contributed by atoms with Gasteiger partial charge in [-0.3, -0.25) is 18.8 Å². The monoisotopic (exact) mass is 1370 g/mol. The van der Waals surface area contributed by atoms with Gasteiger partial charge in [-0.05, 0) is 56.2 Å². The first-order valence-electron chi connectivity index (χ1n) is 24.3. The van der Waals surface area contributed by atoms with Crippen LogP contribution < -0.4 is 16.1 Å². The summed E-state index contributed by atoms with van der Waals surface area (Å²) in [6, 6.07) is 28.3. The van der Waals surface area contributed by atoms with E-state index in [4.69, 9.17) is 0 Å². The predicted octanol–water partition coefficient (Wildman–Crippen LogP) is 9.76. The molecule has 0 aliphatic carbocycles. The molecule has 3 aromatic carbocycles. The zero-order valence-electron chi connectivity index (χ0n) is 49.5. The van der Waals surface area contributed by atoms with E-state index in [0.29, 0.717) is 51.5 Å². The van der Waals surface area contributed by atoms with Crippen molar-refractivity contribution in [3.8, 4) is 11.4 Å². The van der Waals surface area contributed by atoms with Crippen molar-refractivity contribution < 1.29 is 115 Å². The zero-order valence-corrected chi connectivity index (χ0v) is 59.6. The van der Waals surface area contributed by atoms with Gasteiger partial charge in [0.25, 0.3) is 0 Å². The summed E-state index contributed by atoms with van der Waals surface area (Å²) in [5.74, 6) is 0.366. The molecule has 8 heterocycles. The van der Waals surface area contributed by atoms with Crippen LogP contribution in [0.3, 0.4) is 0 Å². The zero-order chi connectivity index (χ0) is 55.1. The number of rotatable bonds is 7. The number of aryl methyl sites for hydroxylation is 6. The second-order valence-electron chi connectivity index (χ2n) is 16.6. The summed E-state index contributed by atoms with van der Waals surface area (Å²) in [5.41, 5.74) is 11.1. The second-order valence-corrected chi connectivity index (χ2v) is 20.2. The van der Waals surface area contributed by atoms with Gasteiger partial charge in [-0.25, -0.2) is 56.3 Å². The summed E-state index contributed by atoms with van der Waals surface area (Å²) in [6.45, 7) is 17.7. The number of sulfonamides is 1. The molecule has 0 spiro atoms. The first-order chi connectivity index (χ1) is 35.8. The fourth-order valence-electron chi connectivity index (χ4n) is 8.36. The molecule has 0 aliphatic heterocycles. The summed E-state index contributed by atoms with van der Waals surface area (Å²) < 4.78 is 59.6. The van der Waals surface area contributed by atoms with Gasteiger partial charge in [-0.2, -0.15) is 3.97 Å². The van der Waals surface area contributed by atoms with Crippen LogP contribution in [0.1, 0.15) is 69.4 Å². The minimum atomic E-state index is -3.84. The first-order valence-corrected chi connectivity index (χ1v) is 28.1. The van der Waals surface area contributed by atoms with Crippen LogP contribution in [0.4, 0.5) is 5.82 Å². The van der Waals surface area contributed by atoms with Gasteiger partial charge in [-0.15, -0.1) is 0 Å². The second kappa shape index (κ2) is 32.8. The third-order valence-electron chi connectivity index (χ3n) is 11.6. The van der Waals surface area contributed by atoms with Crippen molar-refractivity contribution in [2.24, 2.45) is 21.1 Å². The Kier molecular flexibility index (Phi) is 30.8. The number of hydrogen-bond donors (Lipinski definition) is 2. The van der Waals surface area contributed by atoms with Gasteiger partial charge in [0, 0.05) is 142 Å². The van der Waals surface area contributed by atoms with Crippen LogP contribution in [0.5, 0.6) is 0 Å². The maximum Gasteiger partial charge on any atom is 0.349 e. The van der Waals surface area contributed by atoms with Crippen molar-refractivity contribution in [2.75, 3.05) is 17.2 Å². The Hall–Kier alpha value is -4.93. The SMILES string of the molecule is CC.CC.CC.Cc1c(Cc2ccccc2)c(NS(C)(=O)=O)nc2c1ncn2C.Cc1c2ncn(C)c2nc2[nH]c(=O)n(-c3ccccc3)c12.Cc1c2ncn(C)c2nc2c1n(-c1ccccc1)c(=O)n2S(C)(=O)=O.[CH3-].[CH3-].[CH3-].[Y].[Y].[Y]. The molecule has 427 valence electrons. The molecule has 0 unspecified atom stereocenters. The first kappa shape index (κ1) is 76.1. The summed E-state index contributed by atoms with van der Waals surface area (Å²) >= 11 is 0. The van der Waals surface area contributed by atoms with E-state index in [9.17, 15) is 26.4 Å². The molecule has 0 amide bonds. The van der Waals surface area contributed by atoms with Crippen molar-refractivity contribution in [2.45, 2.75) is 68.7 Å². The number of benzene rings is 3. The number of nitrogens with zero attached hydrogens (tertiary/aromatic N) is 12. The standard InChI is InChI=1S/C16H15N5O3S.C16H18N4O2S.C15H13N5O.3C2H6.3CH3.3Y/c1-10-12-14(19(2)9-17-12)18-15-13(10)20(11-7-5-4-6-8-11)16(22)21(15)25(3,23)24;1-11-13(9-12-7-5-4-6-8-12)15(19-23(3,21)22)18-16-14(11)17-10-20(16)2;1-9-11-14(19(2)8-16-11)17-13-12(9)20(15(21)18-13)10-6-4-3-5-7-10;3*1-2;;;;;;/h4-9H,1-3H3;4-8,10H,9H2,1-3H3,(H,18,19);3-8H,1-2H3,(H,17,18,21);3*1-2H3;3*1H3;;;/q;;;;;;3*-1;;;. The van der Waals surface area contributed by atoms with Gasteiger partial charge in [0.15, 0.2) is 28.2 Å². The van der Waals surface area contributed by atoms with Gasteiger partial charge < -0.3 is 36.0 Å². The third-order valence-corrected chi connectivity index (χ3v) is 13.2. The smallest absolute Gasteiger partial charge is 0.349 e. The predicted molar refractivity (Wildman–Crippen MR) is 320 cm³/mol. The maximum absolute atomic E-state index is 13.0. The fraction of sp³-hybridized carbons (Fsp3) is 0.268. The molecular formula is C56H73N14O6S2Y3-3. The topological polar surface area (TPSA) is 237 Å². The Labute approximate surface area is 551 Å². The van der Waals surface area contributed by atoms with Crippen LogP contribution in [-0.2, 0) is 146 Å². The van der Waals surface area contributed by atoms with Crippen molar-refractivity contribution >= 4 is 81.7 Å². The van der Waals surface area contributed by atoms with E-state index in [0.717, 1.165) is 66.6 Å². The number of fused-ring (bicyclic) bond motifs is 5. The van der Waals surface area contributed by atoms with Gasteiger partial charge in [0.2, 0.25) is 20.0 Å². The number of aromatic nitrogens is 13. The Balaban J connectivity index is 0.00000110. The number of imidazole rings is 5. The average Bonchev–Trinajstić information content (AvgIpc) is 4.22. The van der Waals surface area contributed by atoms with Crippen LogP contribution in [0.15, 0.2) is 120 Å². The molecule has 0 saturated heterocycles. The van der Waals surface area contributed by atoms with Gasteiger partial charge in [-0.1, -0.05) is 108 Å². The van der Waals surface area contributed by atoms with Gasteiger partial charge in [0.05, 0.1) is 48.4 Å². The van der Waals surface area contributed by atoms with E-state index in [-0.39, 0.29) is 132 Å². The van der Waals surface area contributed by atoms with Crippen LogP contribution in [0.2, 0.25) is 0 Å². The van der Waals surface area contributed by atoms with E-state index >= 15 is 0 Å². The summed E-state index contributed by atoms with van der Waals surface area (Å²) in [6.07, 6.45) is 7.73. The van der Waals surface area contributed by atoms with Crippen LogP contribution in [-0.4, -0.2) is 91.0 Å². The largest absolute Gasteiger partial charge is 0.358 e. The van der Waals surface area contributed by atoms with Gasteiger partial charge >= 0.3 is 11.4 Å². The molecule has 0 fully saturated rings. The number of H-pyrrole nitrogens is 1.